The number of aromatic nitrogens is 5. The zero-order valence-electron chi connectivity index (χ0n) is 18.9. The number of anilines is 4. The number of carbonyl (C=O) groups is 1. The van der Waals surface area contributed by atoms with Crippen LogP contribution in [0, 0.1) is 0 Å². The summed E-state index contributed by atoms with van der Waals surface area (Å²) in [7, 11) is 3.64. The van der Waals surface area contributed by atoms with Crippen molar-refractivity contribution in [1.82, 2.24) is 24.5 Å². The third-order valence-corrected chi connectivity index (χ3v) is 6.86. The topological polar surface area (TPSA) is 127 Å². The van der Waals surface area contributed by atoms with Crippen LogP contribution in [0.2, 0.25) is 0 Å². The maximum Gasteiger partial charge on any atom is 0.271 e. The highest BCUT2D eigenvalue weighted by molar-refractivity contribution is 8.00. The Morgan fingerprint density at radius 3 is 2.65 bits per heavy atom. The number of primary amides is 1. The fraction of sp³-hybridized carbons (Fsp3) is 0.261. The number of fused-ring (bicyclic) bond motifs is 1. The lowest BCUT2D eigenvalue weighted by Crippen LogP contribution is -2.21. The summed E-state index contributed by atoms with van der Waals surface area (Å²) in [5, 5.41) is 6.28. The maximum absolute atomic E-state index is 12.3. The zero-order chi connectivity index (χ0) is 23.7. The molecular formula is C23H25N9OS. The van der Waals surface area contributed by atoms with E-state index in [2.05, 4.69) is 47.0 Å². The van der Waals surface area contributed by atoms with E-state index < -0.39 is 5.91 Å². The van der Waals surface area contributed by atoms with E-state index in [0.717, 1.165) is 29.2 Å². The van der Waals surface area contributed by atoms with Crippen LogP contribution in [0.1, 0.15) is 23.3 Å². The lowest BCUT2D eigenvalue weighted by atomic mass is 10.1. The molecule has 1 aliphatic rings. The summed E-state index contributed by atoms with van der Waals surface area (Å²) in [4.78, 5) is 30.4. The van der Waals surface area contributed by atoms with Gasteiger partial charge in [-0.25, -0.2) is 15.0 Å². The van der Waals surface area contributed by atoms with Gasteiger partial charge in [-0.15, -0.1) is 0 Å². The van der Waals surface area contributed by atoms with E-state index in [1.807, 2.05) is 35.7 Å². The van der Waals surface area contributed by atoms with Gasteiger partial charge in [-0.1, -0.05) is 0 Å². The van der Waals surface area contributed by atoms with Gasteiger partial charge in [0.05, 0.1) is 23.6 Å². The Labute approximate surface area is 201 Å². The van der Waals surface area contributed by atoms with Crippen molar-refractivity contribution < 1.29 is 4.79 Å². The van der Waals surface area contributed by atoms with Crippen LogP contribution in [-0.2, 0) is 7.05 Å². The molecule has 0 aliphatic carbocycles. The van der Waals surface area contributed by atoms with Crippen molar-refractivity contribution >= 4 is 51.9 Å². The molecule has 1 aliphatic heterocycles. The first-order valence-electron chi connectivity index (χ1n) is 11.0. The normalized spacial score (nSPS) is 13.8. The number of hydrogen-bond donors (Lipinski definition) is 3. The molecule has 0 spiro atoms. The Bertz CT molecular complexity index is 1350. The van der Waals surface area contributed by atoms with E-state index >= 15 is 0 Å². The van der Waals surface area contributed by atoms with Crippen LogP contribution >= 0.6 is 11.9 Å². The van der Waals surface area contributed by atoms with Gasteiger partial charge in [0.1, 0.15) is 11.2 Å². The minimum absolute atomic E-state index is 0.0394. The van der Waals surface area contributed by atoms with E-state index in [4.69, 9.17) is 5.73 Å². The minimum Gasteiger partial charge on any atom is -0.371 e. The number of hydrogen-bond acceptors (Lipinski definition) is 9. The van der Waals surface area contributed by atoms with Crippen LogP contribution < -0.4 is 20.7 Å². The number of amides is 1. The minimum atomic E-state index is -0.679. The Morgan fingerprint density at radius 2 is 1.94 bits per heavy atom. The van der Waals surface area contributed by atoms with Crippen LogP contribution in [-0.4, -0.2) is 49.8 Å². The van der Waals surface area contributed by atoms with Crippen molar-refractivity contribution in [2.75, 3.05) is 34.3 Å². The van der Waals surface area contributed by atoms with Crippen molar-refractivity contribution in [2.45, 2.75) is 12.8 Å². The summed E-state index contributed by atoms with van der Waals surface area (Å²) in [6.07, 6.45) is 7.56. The number of benzene rings is 1. The number of nitrogens with one attached hydrogen (secondary N) is 2. The number of aryl methyl sites for hydroxylation is 1. The smallest absolute Gasteiger partial charge is 0.271 e. The first kappa shape index (κ1) is 22.0. The van der Waals surface area contributed by atoms with Crippen LogP contribution in [0.3, 0.4) is 0 Å². The molecule has 0 unspecified atom stereocenters. The number of nitrogens with two attached hydrogens (primary N) is 1. The molecule has 5 rings (SSSR count). The average molecular weight is 476 g/mol. The summed E-state index contributed by atoms with van der Waals surface area (Å²) in [6, 6.07) is 8.03. The van der Waals surface area contributed by atoms with Gasteiger partial charge in [0.25, 0.3) is 5.91 Å². The van der Waals surface area contributed by atoms with Crippen molar-refractivity contribution in [2.24, 2.45) is 12.8 Å². The molecule has 4 heterocycles. The summed E-state index contributed by atoms with van der Waals surface area (Å²) in [5.74, 6) is 1.22. The molecule has 0 bridgehead atoms. The number of rotatable bonds is 6. The number of carbonyl (C=O) groups excluding carboxylic acids is 1. The first-order chi connectivity index (χ1) is 16.5. The van der Waals surface area contributed by atoms with Gasteiger partial charge in [-0.05, 0) is 49.1 Å². The fourth-order valence-electron chi connectivity index (χ4n) is 3.92. The molecule has 34 heavy (non-hydrogen) atoms. The third kappa shape index (κ3) is 4.10. The predicted octanol–water partition coefficient (Wildman–Crippen LogP) is 3.56. The molecule has 4 N–H and O–H groups in total. The number of pyridine rings is 1. The number of nitrogens with zero attached hydrogens (tertiary/aromatic N) is 6. The predicted molar refractivity (Wildman–Crippen MR) is 136 cm³/mol. The van der Waals surface area contributed by atoms with Crippen LogP contribution in [0.5, 0.6) is 0 Å². The fourth-order valence-corrected chi connectivity index (χ4v) is 5.00. The molecule has 10 nitrogen and oxygen atoms in total. The molecule has 4 aromatic rings. The number of imidazole rings is 1. The Hall–Kier alpha value is -3.86. The van der Waals surface area contributed by atoms with Gasteiger partial charge < -0.3 is 25.2 Å². The maximum atomic E-state index is 12.3. The summed E-state index contributed by atoms with van der Waals surface area (Å²) in [6.45, 7) is 1.04. The second-order valence-electron chi connectivity index (χ2n) is 7.96. The lowest BCUT2D eigenvalue weighted by molar-refractivity contribution is 0.0996. The summed E-state index contributed by atoms with van der Waals surface area (Å²) < 4.78 is 4.18. The Kier molecular flexibility index (Phi) is 5.93. The lowest BCUT2D eigenvalue weighted by Gasteiger charge is -2.27. The van der Waals surface area contributed by atoms with Gasteiger partial charge in [0, 0.05) is 44.0 Å². The summed E-state index contributed by atoms with van der Waals surface area (Å²) in [5.41, 5.74) is 10.3. The highest BCUT2D eigenvalue weighted by Crippen LogP contribution is 2.33. The Balaban J connectivity index is 1.51. The van der Waals surface area contributed by atoms with Crippen molar-refractivity contribution in [3.63, 3.8) is 0 Å². The molecule has 1 aromatic carbocycles. The molecule has 1 fully saturated rings. The first-order valence-corrected chi connectivity index (χ1v) is 11.9. The van der Waals surface area contributed by atoms with Gasteiger partial charge in [0.15, 0.2) is 17.3 Å². The van der Waals surface area contributed by atoms with E-state index in [1.54, 1.807) is 25.8 Å². The van der Waals surface area contributed by atoms with E-state index in [-0.39, 0.29) is 11.5 Å². The second-order valence-corrected chi connectivity index (χ2v) is 9.06. The average Bonchev–Trinajstić information content (AvgIpc) is 3.25. The molecule has 0 atom stereocenters. The van der Waals surface area contributed by atoms with Crippen molar-refractivity contribution in [3.8, 4) is 11.3 Å². The largest absolute Gasteiger partial charge is 0.371 e. The molecule has 1 saturated heterocycles. The Morgan fingerprint density at radius 1 is 1.12 bits per heavy atom. The highest BCUT2D eigenvalue weighted by Gasteiger charge is 2.21. The third-order valence-electron chi connectivity index (χ3n) is 5.68. The van der Waals surface area contributed by atoms with Gasteiger partial charge in [-0.2, -0.15) is 0 Å². The quantitative estimate of drug-likeness (QED) is 0.359. The van der Waals surface area contributed by atoms with Gasteiger partial charge in [0.2, 0.25) is 0 Å². The molecule has 0 radical (unpaired) electrons. The van der Waals surface area contributed by atoms with Gasteiger partial charge in [-0.3, -0.25) is 9.78 Å². The standard InChI is InChI=1S/C23H25N9OS/c1-25-22-19(16-11-26-12-17-18(16)27-13-31(17)2)29-20(21(24)33)23(30-22)28-14-5-7-15(8-6-14)32-9-3-4-10-34-32/h5-8,11-13H,3-4,9-10H2,1-2H3,(H2,24,33)(H2,25,28,30). The van der Waals surface area contributed by atoms with Crippen LogP contribution in [0.25, 0.3) is 22.3 Å². The molecule has 11 heteroatoms. The molecule has 1 amide bonds. The molecular weight excluding hydrogens is 450 g/mol. The van der Waals surface area contributed by atoms with Crippen LogP contribution in [0.15, 0.2) is 43.0 Å². The van der Waals surface area contributed by atoms with Crippen molar-refractivity contribution in [1.29, 1.82) is 0 Å². The van der Waals surface area contributed by atoms with Crippen molar-refractivity contribution in [3.05, 3.63) is 48.7 Å². The van der Waals surface area contributed by atoms with Crippen LogP contribution in [0.4, 0.5) is 23.0 Å². The highest BCUT2D eigenvalue weighted by atomic mass is 32.2. The summed E-state index contributed by atoms with van der Waals surface area (Å²) >= 11 is 1.85. The monoisotopic (exact) mass is 475 g/mol. The second kappa shape index (κ2) is 9.18. The SMILES string of the molecule is CNc1nc(Nc2ccc(N3CCCCS3)cc2)c(C(N)=O)nc1-c1cncc2c1ncn2C. The van der Waals surface area contributed by atoms with Gasteiger partial charge >= 0.3 is 0 Å². The van der Waals surface area contributed by atoms with E-state index in [0.29, 0.717) is 22.6 Å². The zero-order valence-corrected chi connectivity index (χ0v) is 19.8. The molecule has 174 valence electrons. The van der Waals surface area contributed by atoms with E-state index in [1.165, 1.54) is 12.8 Å². The van der Waals surface area contributed by atoms with E-state index in [9.17, 15) is 4.79 Å². The molecule has 0 saturated carbocycles. The molecule has 3 aromatic heterocycles.